The lowest BCUT2D eigenvalue weighted by Gasteiger charge is -2.47. The van der Waals surface area contributed by atoms with Crippen LogP contribution in [0.2, 0.25) is 0 Å². The lowest BCUT2D eigenvalue weighted by atomic mass is 9.85. The van der Waals surface area contributed by atoms with Crippen molar-refractivity contribution in [3.8, 4) is 22.9 Å². The number of piperidine rings is 3. The molecule has 2 aromatic carbocycles. The largest absolute Gasteiger partial charge is 0.492 e. The van der Waals surface area contributed by atoms with Crippen molar-refractivity contribution in [2.75, 3.05) is 77.0 Å². The second-order valence-corrected chi connectivity index (χ2v) is 19.7. The molecule has 1 atom stereocenters. The third-order valence-corrected chi connectivity index (χ3v) is 15.2. The predicted molar refractivity (Wildman–Crippen MR) is 261 cm³/mol. The van der Waals surface area contributed by atoms with Gasteiger partial charge in [0, 0.05) is 101 Å². The summed E-state index contributed by atoms with van der Waals surface area (Å²) in [5, 5.41) is 19.7. The Balaban J connectivity index is 0.739. The van der Waals surface area contributed by atoms with Crippen molar-refractivity contribution in [3.05, 3.63) is 113 Å². The predicted octanol–water partition coefficient (Wildman–Crippen LogP) is 4.57. The Hall–Kier alpha value is -7.30. The summed E-state index contributed by atoms with van der Waals surface area (Å²) >= 11 is 0. The summed E-state index contributed by atoms with van der Waals surface area (Å²) < 4.78 is 36.7. The first kappa shape index (κ1) is 48.3. The number of nitriles is 1. The normalized spacial score (nSPS) is 19.8. The minimum Gasteiger partial charge on any atom is -0.492 e. The van der Waals surface area contributed by atoms with Crippen LogP contribution in [0.4, 0.5) is 14.6 Å². The Morgan fingerprint density at radius 1 is 0.917 bits per heavy atom. The molecule has 17 nitrogen and oxygen atoms in total. The molecular formula is C53H57F2N11O6. The smallest absolute Gasteiger partial charge is 0.255 e. The number of halogens is 2. The van der Waals surface area contributed by atoms with Gasteiger partial charge in [0.2, 0.25) is 17.7 Å². The third kappa shape index (κ3) is 9.97. The molecular weight excluding hydrogens is 925 g/mol. The summed E-state index contributed by atoms with van der Waals surface area (Å²) in [7, 11) is 0. The highest BCUT2D eigenvalue weighted by molar-refractivity contribution is 6.05. The average Bonchev–Trinajstić information content (AvgIpc) is 3.96. The van der Waals surface area contributed by atoms with Gasteiger partial charge in [-0.3, -0.25) is 34.2 Å². The number of nitrogens with zero attached hydrogens (tertiary/aromatic N) is 9. The summed E-state index contributed by atoms with van der Waals surface area (Å²) in [5.41, 5.74) is 3.66. The van der Waals surface area contributed by atoms with Crippen molar-refractivity contribution in [2.24, 2.45) is 5.92 Å². The van der Waals surface area contributed by atoms with E-state index in [2.05, 4.69) is 36.5 Å². The Morgan fingerprint density at radius 3 is 2.42 bits per heavy atom. The molecule has 4 fully saturated rings. The molecule has 5 aliphatic rings. The quantitative estimate of drug-likeness (QED) is 0.157. The maximum atomic E-state index is 15.0. The number of hydrogen-bond donors (Lipinski definition) is 2. The molecule has 5 aliphatic heterocycles. The summed E-state index contributed by atoms with van der Waals surface area (Å²) in [4.78, 5) is 80.3. The Labute approximate surface area is 415 Å². The summed E-state index contributed by atoms with van der Waals surface area (Å²) in [6, 6.07) is 15.6. The van der Waals surface area contributed by atoms with Crippen molar-refractivity contribution >= 4 is 40.9 Å². The number of carbonyl (C=O) groups is 5. The molecule has 2 N–H and O–H groups in total. The van der Waals surface area contributed by atoms with Gasteiger partial charge in [0.15, 0.2) is 0 Å². The molecule has 0 radical (unpaired) electrons. The number of rotatable bonds is 13. The average molecular weight is 982 g/mol. The zero-order valence-corrected chi connectivity index (χ0v) is 40.2. The number of anilines is 1. The number of fused-ring (bicyclic) bond motifs is 2. The molecule has 4 saturated heterocycles. The van der Waals surface area contributed by atoms with Gasteiger partial charge in [-0.15, -0.1) is 0 Å². The Morgan fingerprint density at radius 2 is 1.69 bits per heavy atom. The number of nitrogens with one attached hydrogen (secondary N) is 2. The van der Waals surface area contributed by atoms with Crippen molar-refractivity contribution in [3.63, 3.8) is 0 Å². The molecule has 3 aromatic heterocycles. The van der Waals surface area contributed by atoms with E-state index in [4.69, 9.17) is 9.72 Å². The van der Waals surface area contributed by atoms with Crippen LogP contribution < -0.4 is 20.3 Å². The van der Waals surface area contributed by atoms with Gasteiger partial charge >= 0.3 is 0 Å². The van der Waals surface area contributed by atoms with Crippen LogP contribution in [0.5, 0.6) is 5.75 Å². The first-order valence-electron chi connectivity index (χ1n) is 24.9. The Kier molecular flexibility index (Phi) is 13.7. The van der Waals surface area contributed by atoms with Crippen LogP contribution in [0.15, 0.2) is 73.2 Å². The van der Waals surface area contributed by atoms with Crippen molar-refractivity contribution in [1.29, 1.82) is 5.26 Å². The van der Waals surface area contributed by atoms with E-state index in [0.717, 1.165) is 91.8 Å². The lowest BCUT2D eigenvalue weighted by Crippen LogP contribution is -2.62. The van der Waals surface area contributed by atoms with Gasteiger partial charge in [0.25, 0.3) is 11.8 Å². The highest BCUT2D eigenvalue weighted by atomic mass is 19.1. The van der Waals surface area contributed by atoms with Gasteiger partial charge in [-0.25, -0.2) is 18.3 Å². The number of hydrogen-bond acceptors (Lipinski definition) is 12. The summed E-state index contributed by atoms with van der Waals surface area (Å²) in [6.07, 6.45) is 8.51. The van der Waals surface area contributed by atoms with E-state index in [1.165, 1.54) is 11.1 Å². The number of imide groups is 1. The van der Waals surface area contributed by atoms with Gasteiger partial charge in [-0.2, -0.15) is 10.4 Å². The van der Waals surface area contributed by atoms with Gasteiger partial charge in [0.1, 0.15) is 35.3 Å². The van der Waals surface area contributed by atoms with E-state index in [9.17, 15) is 38.0 Å². The number of amides is 5. The lowest BCUT2D eigenvalue weighted by molar-refractivity contribution is -0.137. The fourth-order valence-electron chi connectivity index (χ4n) is 11.2. The van der Waals surface area contributed by atoms with E-state index in [0.29, 0.717) is 80.5 Å². The number of likely N-dealkylation sites (tertiary alicyclic amines) is 1. The number of benzene rings is 2. The van der Waals surface area contributed by atoms with Gasteiger partial charge in [-0.1, -0.05) is 12.1 Å². The molecule has 10 rings (SSSR count). The Bertz CT molecular complexity index is 2950. The van der Waals surface area contributed by atoms with Crippen LogP contribution in [0.1, 0.15) is 82.9 Å². The zero-order chi connectivity index (χ0) is 50.1. The SMILES string of the molecule is CCOc1cc(-c2ccc(N3CCC(CN4CCN(CC5CCN(C(=O)Cc6cccc7c6CN(C6CCC(=O)NC6=O)C7=O)CC5)CC4)(NC(=O)c4cc(F)ccc4F)CC3)nc2)c2c(C#N)cnn2c1. The zero-order valence-electron chi connectivity index (χ0n) is 40.2. The van der Waals surface area contributed by atoms with Gasteiger partial charge in [-0.05, 0) is 98.5 Å². The maximum Gasteiger partial charge on any atom is 0.255 e. The van der Waals surface area contributed by atoms with E-state index >= 15 is 0 Å². The molecule has 374 valence electrons. The molecule has 8 heterocycles. The van der Waals surface area contributed by atoms with Gasteiger partial charge < -0.3 is 29.7 Å². The fraction of sp³-hybridized carbons (Fsp3) is 0.434. The maximum absolute atomic E-state index is 15.0. The fourth-order valence-corrected chi connectivity index (χ4v) is 11.2. The number of ether oxygens (including phenoxy) is 1. The molecule has 0 bridgehead atoms. The first-order valence-corrected chi connectivity index (χ1v) is 24.9. The summed E-state index contributed by atoms with van der Waals surface area (Å²) in [6.45, 7) is 9.63. The van der Waals surface area contributed by atoms with Crippen molar-refractivity contribution < 1.29 is 37.5 Å². The van der Waals surface area contributed by atoms with E-state index in [1.807, 2.05) is 36.1 Å². The van der Waals surface area contributed by atoms with Crippen LogP contribution in [0, 0.1) is 28.9 Å². The molecule has 0 spiro atoms. The molecule has 72 heavy (non-hydrogen) atoms. The van der Waals surface area contributed by atoms with Crippen LogP contribution >= 0.6 is 0 Å². The van der Waals surface area contributed by atoms with Crippen LogP contribution in [-0.2, 0) is 27.3 Å². The summed E-state index contributed by atoms with van der Waals surface area (Å²) in [5.74, 6) is -1.38. The molecule has 0 saturated carbocycles. The molecule has 19 heteroatoms. The number of aromatic nitrogens is 3. The molecule has 5 amide bonds. The van der Waals surface area contributed by atoms with Crippen molar-refractivity contribution in [1.82, 2.24) is 44.8 Å². The second-order valence-electron chi connectivity index (χ2n) is 19.7. The third-order valence-electron chi connectivity index (χ3n) is 15.2. The van der Waals surface area contributed by atoms with E-state index in [-0.39, 0.29) is 49.1 Å². The molecule has 1 unspecified atom stereocenters. The second kappa shape index (κ2) is 20.4. The minimum atomic E-state index is -0.784. The first-order chi connectivity index (χ1) is 34.9. The van der Waals surface area contributed by atoms with Crippen LogP contribution in [0.25, 0.3) is 16.6 Å². The number of carbonyl (C=O) groups excluding carboxylic acids is 5. The molecule has 5 aromatic rings. The minimum absolute atomic E-state index is 0.0101. The highest BCUT2D eigenvalue weighted by Crippen LogP contribution is 2.34. The standard InChI is InChI=1S/C53H57F2N11O6/c1-2-72-39-26-41(49-37(27-56)29-58-66(49)31-39)36-6-10-46(57-28-36)63-18-14-53(15-19-63,60-50(69)42-25-38(54)7-8-44(42)55)33-62-22-20-61(21-23-62)30-34-12-16-64(17-13-34)48(68)24-35-4-3-5-40-43(35)32-65(52(40)71)45-9-11-47(67)59-51(45)70/h3-8,10,25-26,28-29,31,34,45H,2,9,11-24,30,32-33H2,1H3,(H,60,69)(H,59,67,70). The number of pyridine rings is 2. The molecule has 0 aliphatic carbocycles. The van der Waals surface area contributed by atoms with Gasteiger partial charge in [0.05, 0.1) is 47.6 Å². The monoisotopic (exact) mass is 981 g/mol. The van der Waals surface area contributed by atoms with Crippen LogP contribution in [-0.4, -0.2) is 147 Å². The van der Waals surface area contributed by atoms with Crippen LogP contribution in [0.3, 0.4) is 0 Å². The topological polar surface area (TPSA) is 189 Å². The van der Waals surface area contributed by atoms with E-state index in [1.54, 1.807) is 29.0 Å². The number of piperazine rings is 1. The highest BCUT2D eigenvalue weighted by Gasteiger charge is 2.42. The van der Waals surface area contributed by atoms with Crippen molar-refractivity contribution in [2.45, 2.75) is 70.0 Å². The van der Waals surface area contributed by atoms with E-state index < -0.39 is 35.0 Å².